The first-order valence-corrected chi connectivity index (χ1v) is 10.4. The van der Waals surface area contributed by atoms with Crippen LogP contribution in [0.25, 0.3) is 10.9 Å². The summed E-state index contributed by atoms with van der Waals surface area (Å²) >= 11 is 0. The van der Waals surface area contributed by atoms with Crippen molar-refractivity contribution in [2.24, 2.45) is 0 Å². The summed E-state index contributed by atoms with van der Waals surface area (Å²) in [6.45, 7) is 6.82. The summed E-state index contributed by atoms with van der Waals surface area (Å²) in [4.78, 5) is 33.4. The number of anilines is 1. The Labute approximate surface area is 175 Å². The van der Waals surface area contributed by atoms with E-state index in [1.807, 2.05) is 36.1 Å². The number of aromatic amines is 1. The molecule has 0 saturated heterocycles. The number of H-pyrrole nitrogens is 1. The van der Waals surface area contributed by atoms with Gasteiger partial charge in [-0.1, -0.05) is 30.3 Å². The Kier molecular flexibility index (Phi) is 4.31. The highest BCUT2D eigenvalue weighted by molar-refractivity contribution is 6.05. The van der Waals surface area contributed by atoms with E-state index in [2.05, 4.69) is 30.1 Å². The standard InChI is InChI=1S/C24H25N3O3/c1-14-7-6-8-17-18-13-26(12-11-19(18)25-22(14)17)23(28)15(2)27-20-9-4-5-10-21(20)30-16(3)24(27)29/h4-10,15-16,25H,11-13H2,1-3H3/t15-,16+/m0/s1. The molecule has 1 N–H and O–H groups in total. The molecule has 30 heavy (non-hydrogen) atoms. The molecule has 6 heteroatoms. The van der Waals surface area contributed by atoms with Crippen LogP contribution in [0.1, 0.15) is 30.7 Å². The molecule has 0 radical (unpaired) electrons. The van der Waals surface area contributed by atoms with Crippen LogP contribution >= 0.6 is 0 Å². The molecule has 2 amide bonds. The van der Waals surface area contributed by atoms with Crippen molar-refractivity contribution >= 4 is 28.4 Å². The maximum atomic E-state index is 13.5. The average molecular weight is 403 g/mol. The summed E-state index contributed by atoms with van der Waals surface area (Å²) in [6, 6.07) is 13.1. The number of amides is 2. The third-order valence-electron chi connectivity index (χ3n) is 6.29. The Hall–Kier alpha value is -3.28. The summed E-state index contributed by atoms with van der Waals surface area (Å²) < 4.78 is 5.72. The minimum Gasteiger partial charge on any atom is -0.479 e. The lowest BCUT2D eigenvalue weighted by Crippen LogP contribution is -2.55. The average Bonchev–Trinajstić information content (AvgIpc) is 3.13. The molecule has 0 aliphatic carbocycles. The number of benzene rings is 2. The van der Waals surface area contributed by atoms with E-state index < -0.39 is 12.1 Å². The van der Waals surface area contributed by atoms with Crippen LogP contribution in [0, 0.1) is 6.92 Å². The first-order chi connectivity index (χ1) is 14.5. The molecular formula is C24H25N3O3. The van der Waals surface area contributed by atoms with Gasteiger partial charge in [0.25, 0.3) is 5.91 Å². The van der Waals surface area contributed by atoms with Gasteiger partial charge in [-0.3, -0.25) is 14.5 Å². The van der Waals surface area contributed by atoms with Crippen molar-refractivity contribution in [3.63, 3.8) is 0 Å². The first kappa shape index (κ1) is 18.7. The molecule has 2 aromatic carbocycles. The molecule has 2 aliphatic rings. The van der Waals surface area contributed by atoms with Crippen molar-refractivity contribution in [3.8, 4) is 5.75 Å². The number of nitrogens with zero attached hydrogens (tertiary/aromatic N) is 2. The Morgan fingerprint density at radius 2 is 2.00 bits per heavy atom. The summed E-state index contributed by atoms with van der Waals surface area (Å²) in [5.74, 6) is 0.409. The number of hydrogen-bond donors (Lipinski definition) is 1. The number of rotatable bonds is 2. The van der Waals surface area contributed by atoms with Crippen LogP contribution in [0.15, 0.2) is 42.5 Å². The fourth-order valence-electron chi connectivity index (χ4n) is 4.66. The second-order valence-corrected chi connectivity index (χ2v) is 8.20. The van der Waals surface area contributed by atoms with Gasteiger partial charge in [0.2, 0.25) is 5.91 Å². The Bertz CT molecular complexity index is 1170. The molecule has 0 fully saturated rings. The second kappa shape index (κ2) is 6.90. The predicted octanol–water partition coefficient (Wildman–Crippen LogP) is 3.56. The van der Waals surface area contributed by atoms with E-state index in [-0.39, 0.29) is 11.8 Å². The molecule has 154 valence electrons. The molecule has 6 nitrogen and oxygen atoms in total. The van der Waals surface area contributed by atoms with Crippen LogP contribution < -0.4 is 9.64 Å². The Balaban J connectivity index is 1.45. The predicted molar refractivity (Wildman–Crippen MR) is 116 cm³/mol. The van der Waals surface area contributed by atoms with Gasteiger partial charge in [-0.05, 0) is 38.5 Å². The highest BCUT2D eigenvalue weighted by Crippen LogP contribution is 2.36. The van der Waals surface area contributed by atoms with Crippen molar-refractivity contribution in [1.29, 1.82) is 0 Å². The van der Waals surface area contributed by atoms with Crippen molar-refractivity contribution in [3.05, 3.63) is 59.3 Å². The SMILES string of the molecule is Cc1cccc2c3c([nH]c12)CCN(C(=O)[C@H](C)N1C(=O)[C@@H](C)Oc2ccccc21)C3. The number of aromatic nitrogens is 1. The van der Waals surface area contributed by atoms with Gasteiger partial charge >= 0.3 is 0 Å². The number of fused-ring (bicyclic) bond motifs is 4. The fraction of sp³-hybridized carbons (Fsp3) is 0.333. The molecule has 0 unspecified atom stereocenters. The first-order valence-electron chi connectivity index (χ1n) is 10.4. The third kappa shape index (κ3) is 2.78. The van der Waals surface area contributed by atoms with Crippen molar-refractivity contribution in [2.75, 3.05) is 11.4 Å². The molecule has 1 aromatic heterocycles. The molecule has 0 spiro atoms. The molecule has 5 rings (SSSR count). The molecule has 2 aliphatic heterocycles. The summed E-state index contributed by atoms with van der Waals surface area (Å²) in [5.41, 5.74) is 5.40. The molecular weight excluding hydrogens is 378 g/mol. The number of carbonyl (C=O) groups is 2. The smallest absolute Gasteiger partial charge is 0.268 e. The largest absolute Gasteiger partial charge is 0.479 e. The zero-order chi connectivity index (χ0) is 21.0. The normalized spacial score (nSPS) is 19.3. The van der Waals surface area contributed by atoms with Crippen LogP contribution in [0.4, 0.5) is 5.69 Å². The van der Waals surface area contributed by atoms with E-state index in [0.29, 0.717) is 24.5 Å². The van der Waals surface area contributed by atoms with Gasteiger partial charge in [-0.2, -0.15) is 0 Å². The minimum atomic E-state index is -0.611. The molecule has 2 atom stereocenters. The maximum Gasteiger partial charge on any atom is 0.268 e. The minimum absolute atomic E-state index is 0.0418. The third-order valence-corrected chi connectivity index (χ3v) is 6.29. The van der Waals surface area contributed by atoms with Gasteiger partial charge < -0.3 is 14.6 Å². The quantitative estimate of drug-likeness (QED) is 0.712. The fourth-order valence-corrected chi connectivity index (χ4v) is 4.66. The lowest BCUT2D eigenvalue weighted by Gasteiger charge is -2.38. The topological polar surface area (TPSA) is 65.6 Å². The zero-order valence-electron chi connectivity index (χ0n) is 17.4. The highest BCUT2D eigenvalue weighted by atomic mass is 16.5. The van der Waals surface area contributed by atoms with Gasteiger partial charge in [-0.15, -0.1) is 0 Å². The van der Waals surface area contributed by atoms with E-state index in [1.165, 1.54) is 22.2 Å². The van der Waals surface area contributed by atoms with Crippen molar-refractivity contribution in [1.82, 2.24) is 9.88 Å². The monoisotopic (exact) mass is 403 g/mol. The lowest BCUT2D eigenvalue weighted by molar-refractivity contribution is -0.136. The van der Waals surface area contributed by atoms with Crippen LogP contribution in [0.5, 0.6) is 5.75 Å². The number of para-hydroxylation sites is 3. The van der Waals surface area contributed by atoms with Crippen LogP contribution in [0.2, 0.25) is 0 Å². The maximum absolute atomic E-state index is 13.5. The molecule has 0 bridgehead atoms. The second-order valence-electron chi connectivity index (χ2n) is 8.20. The number of carbonyl (C=O) groups excluding carboxylic acids is 2. The van der Waals surface area contributed by atoms with Gasteiger partial charge in [-0.25, -0.2) is 0 Å². The van der Waals surface area contributed by atoms with E-state index in [0.717, 1.165) is 11.9 Å². The number of nitrogens with one attached hydrogen (secondary N) is 1. The summed E-state index contributed by atoms with van der Waals surface area (Å²) in [6.07, 6.45) is 0.172. The summed E-state index contributed by atoms with van der Waals surface area (Å²) in [5, 5.41) is 1.18. The van der Waals surface area contributed by atoms with Crippen molar-refractivity contribution in [2.45, 2.75) is 45.9 Å². The Morgan fingerprint density at radius 1 is 1.20 bits per heavy atom. The van der Waals surface area contributed by atoms with Crippen LogP contribution in [-0.2, 0) is 22.6 Å². The summed E-state index contributed by atoms with van der Waals surface area (Å²) in [7, 11) is 0. The van der Waals surface area contributed by atoms with Gasteiger partial charge in [0.1, 0.15) is 11.8 Å². The van der Waals surface area contributed by atoms with Crippen LogP contribution in [-0.4, -0.2) is 40.4 Å². The van der Waals surface area contributed by atoms with E-state index in [1.54, 1.807) is 11.8 Å². The van der Waals surface area contributed by atoms with E-state index >= 15 is 0 Å². The van der Waals surface area contributed by atoms with Gasteiger partial charge in [0.15, 0.2) is 6.10 Å². The number of hydrogen-bond acceptors (Lipinski definition) is 3. The number of aryl methyl sites for hydroxylation is 1. The van der Waals surface area contributed by atoms with E-state index in [4.69, 9.17) is 4.74 Å². The Morgan fingerprint density at radius 3 is 2.83 bits per heavy atom. The van der Waals surface area contributed by atoms with Crippen molar-refractivity contribution < 1.29 is 14.3 Å². The zero-order valence-corrected chi connectivity index (χ0v) is 17.4. The molecule has 3 heterocycles. The van der Waals surface area contributed by atoms with Crippen LogP contribution in [0.3, 0.4) is 0 Å². The molecule has 0 saturated carbocycles. The highest BCUT2D eigenvalue weighted by Gasteiger charge is 2.39. The van der Waals surface area contributed by atoms with E-state index in [9.17, 15) is 9.59 Å². The number of ether oxygens (including phenoxy) is 1. The molecule has 3 aromatic rings. The van der Waals surface area contributed by atoms with Gasteiger partial charge in [0.05, 0.1) is 5.69 Å². The van der Waals surface area contributed by atoms with Gasteiger partial charge in [0, 0.05) is 41.7 Å². The lowest BCUT2D eigenvalue weighted by atomic mass is 10.0.